The van der Waals surface area contributed by atoms with Crippen LogP contribution < -0.4 is 10.1 Å². The van der Waals surface area contributed by atoms with Crippen molar-refractivity contribution in [3.8, 4) is 5.75 Å². The van der Waals surface area contributed by atoms with Crippen molar-refractivity contribution in [2.75, 3.05) is 27.2 Å². The Balaban J connectivity index is 2.32. The first kappa shape index (κ1) is 23.8. The molecule has 12 heteroatoms. The molecule has 2 rings (SSSR count). The SMILES string of the molecule is C=N/N=C(/NC(=O)c1c(F)cc(Cl)c(OC(=O)N2CC(C)OC(C)C2)c1Cl)N(C)C. The summed E-state index contributed by atoms with van der Waals surface area (Å²) in [5, 5.41) is 8.62. The summed E-state index contributed by atoms with van der Waals surface area (Å²) in [6.07, 6.45) is -1.13. The molecular weight excluding hydrogens is 440 g/mol. The summed E-state index contributed by atoms with van der Waals surface area (Å²) in [6, 6.07) is 0.841. The van der Waals surface area contributed by atoms with E-state index in [0.29, 0.717) is 13.1 Å². The van der Waals surface area contributed by atoms with E-state index in [0.717, 1.165) is 6.07 Å². The highest BCUT2D eigenvalue weighted by atomic mass is 35.5. The quantitative estimate of drug-likeness (QED) is 0.423. The number of nitrogens with one attached hydrogen (secondary N) is 1. The van der Waals surface area contributed by atoms with E-state index in [9.17, 15) is 14.0 Å². The molecule has 1 fully saturated rings. The van der Waals surface area contributed by atoms with Crippen molar-refractivity contribution in [2.24, 2.45) is 10.2 Å². The van der Waals surface area contributed by atoms with E-state index >= 15 is 0 Å². The Morgan fingerprint density at radius 3 is 2.47 bits per heavy atom. The number of ether oxygens (including phenoxy) is 2. The third-order valence-corrected chi connectivity index (χ3v) is 4.68. The molecule has 0 bridgehead atoms. The Morgan fingerprint density at radius 2 is 1.93 bits per heavy atom. The maximum atomic E-state index is 14.5. The predicted octanol–water partition coefficient (Wildman–Crippen LogP) is 3.00. The molecule has 1 N–H and O–H groups in total. The molecule has 30 heavy (non-hydrogen) atoms. The average molecular weight is 462 g/mol. The molecule has 2 amide bonds. The van der Waals surface area contributed by atoms with Crippen LogP contribution >= 0.6 is 23.2 Å². The Kier molecular flexibility index (Phi) is 7.99. The lowest BCUT2D eigenvalue weighted by Gasteiger charge is -2.34. The highest BCUT2D eigenvalue weighted by Gasteiger charge is 2.30. The number of benzene rings is 1. The fourth-order valence-corrected chi connectivity index (χ4v) is 3.40. The molecule has 2 atom stereocenters. The van der Waals surface area contributed by atoms with Crippen molar-refractivity contribution in [1.29, 1.82) is 0 Å². The summed E-state index contributed by atoms with van der Waals surface area (Å²) >= 11 is 12.2. The van der Waals surface area contributed by atoms with E-state index in [2.05, 4.69) is 22.2 Å². The van der Waals surface area contributed by atoms with Crippen LogP contribution in [0.25, 0.3) is 0 Å². The molecule has 0 aromatic heterocycles. The highest BCUT2D eigenvalue weighted by Crippen LogP contribution is 2.38. The van der Waals surface area contributed by atoms with Crippen LogP contribution in [0.2, 0.25) is 10.0 Å². The van der Waals surface area contributed by atoms with Crippen LogP contribution in [0.4, 0.5) is 9.18 Å². The second-order valence-electron chi connectivity index (χ2n) is 6.80. The highest BCUT2D eigenvalue weighted by molar-refractivity contribution is 6.39. The van der Waals surface area contributed by atoms with Gasteiger partial charge in [-0.1, -0.05) is 23.2 Å². The van der Waals surface area contributed by atoms with Crippen LogP contribution in [0.15, 0.2) is 16.3 Å². The second kappa shape index (κ2) is 10.1. The Hall–Kier alpha value is -2.43. The zero-order valence-corrected chi connectivity index (χ0v) is 18.4. The minimum Gasteiger partial charge on any atom is -0.407 e. The number of hydrogen-bond acceptors (Lipinski definition) is 6. The topological polar surface area (TPSA) is 95.8 Å². The molecule has 0 radical (unpaired) electrons. The molecule has 0 saturated carbocycles. The van der Waals surface area contributed by atoms with E-state index in [1.165, 1.54) is 9.80 Å². The van der Waals surface area contributed by atoms with Gasteiger partial charge in [0.05, 0.1) is 35.9 Å². The van der Waals surface area contributed by atoms with Crippen LogP contribution in [-0.4, -0.2) is 73.9 Å². The average Bonchev–Trinajstić information content (AvgIpc) is 2.63. The van der Waals surface area contributed by atoms with Crippen LogP contribution in [0.3, 0.4) is 0 Å². The molecule has 0 aliphatic carbocycles. The van der Waals surface area contributed by atoms with Crippen molar-refractivity contribution in [3.63, 3.8) is 0 Å². The number of nitrogens with zero attached hydrogens (tertiary/aromatic N) is 4. The zero-order chi connectivity index (χ0) is 22.6. The number of guanidine groups is 1. The van der Waals surface area contributed by atoms with Crippen LogP contribution in [0.1, 0.15) is 24.2 Å². The molecular formula is C18H22Cl2FN5O4. The molecule has 1 aromatic carbocycles. The Morgan fingerprint density at radius 1 is 1.33 bits per heavy atom. The lowest BCUT2D eigenvalue weighted by Crippen LogP contribution is -2.49. The summed E-state index contributed by atoms with van der Waals surface area (Å²) < 4.78 is 25.4. The third kappa shape index (κ3) is 5.59. The zero-order valence-electron chi connectivity index (χ0n) is 16.9. The molecule has 1 aliphatic heterocycles. The van der Waals surface area contributed by atoms with Gasteiger partial charge in [-0.3, -0.25) is 10.1 Å². The molecule has 0 spiro atoms. The smallest absolute Gasteiger partial charge is 0.407 e. The first-order valence-electron chi connectivity index (χ1n) is 8.87. The van der Waals surface area contributed by atoms with Gasteiger partial charge in [0.15, 0.2) is 5.75 Å². The first-order valence-corrected chi connectivity index (χ1v) is 9.62. The molecule has 164 valence electrons. The lowest BCUT2D eigenvalue weighted by atomic mass is 10.2. The number of carbonyl (C=O) groups excluding carboxylic acids is 2. The number of hydrogen-bond donors (Lipinski definition) is 1. The number of amides is 2. The fraction of sp³-hybridized carbons (Fsp3) is 0.444. The summed E-state index contributed by atoms with van der Waals surface area (Å²) in [5.74, 6) is -2.26. The van der Waals surface area contributed by atoms with E-state index in [4.69, 9.17) is 32.7 Å². The molecule has 1 aromatic rings. The van der Waals surface area contributed by atoms with Crippen LogP contribution in [-0.2, 0) is 4.74 Å². The lowest BCUT2D eigenvalue weighted by molar-refractivity contribution is -0.0592. The maximum Gasteiger partial charge on any atom is 0.415 e. The maximum absolute atomic E-state index is 14.5. The van der Waals surface area contributed by atoms with Crippen molar-refractivity contribution in [3.05, 3.63) is 27.5 Å². The molecule has 2 unspecified atom stereocenters. The van der Waals surface area contributed by atoms with E-state index < -0.39 is 28.4 Å². The number of rotatable bonds is 3. The minimum absolute atomic E-state index is 0.00440. The van der Waals surface area contributed by atoms with Crippen molar-refractivity contribution in [1.82, 2.24) is 15.1 Å². The normalized spacial score (nSPS) is 19.3. The van der Waals surface area contributed by atoms with Gasteiger partial charge in [-0.25, -0.2) is 9.18 Å². The van der Waals surface area contributed by atoms with Crippen molar-refractivity contribution in [2.45, 2.75) is 26.1 Å². The first-order chi connectivity index (χ1) is 14.0. The van der Waals surface area contributed by atoms with Gasteiger partial charge in [0.25, 0.3) is 5.91 Å². The summed E-state index contributed by atoms with van der Waals surface area (Å²) in [4.78, 5) is 28.0. The summed E-state index contributed by atoms with van der Waals surface area (Å²) in [6.45, 7) is 7.43. The van der Waals surface area contributed by atoms with E-state index in [-0.39, 0.29) is 28.9 Å². The monoisotopic (exact) mass is 461 g/mol. The van der Waals surface area contributed by atoms with E-state index in [1.807, 2.05) is 13.8 Å². The van der Waals surface area contributed by atoms with Crippen molar-refractivity contribution >= 4 is 47.9 Å². The largest absolute Gasteiger partial charge is 0.415 e. The van der Waals surface area contributed by atoms with Gasteiger partial charge in [0.1, 0.15) is 10.8 Å². The van der Waals surface area contributed by atoms with Gasteiger partial charge in [0.2, 0.25) is 5.96 Å². The number of carbonyl (C=O) groups is 2. The standard InChI is InChI=1S/C18H22Cl2FN5O4/c1-9-7-26(8-10(2)29-9)18(28)30-15-11(19)6-12(21)13(14(15)20)16(27)23-17(24-22-3)25(4)5/h6,9-10H,3,7-8H2,1-2,4-5H3,(H,23,24,27). The fourth-order valence-electron chi connectivity index (χ4n) is 2.81. The van der Waals surface area contributed by atoms with Gasteiger partial charge in [-0.2, -0.15) is 5.10 Å². The van der Waals surface area contributed by atoms with E-state index in [1.54, 1.807) is 14.1 Å². The van der Waals surface area contributed by atoms with Crippen LogP contribution in [0, 0.1) is 5.82 Å². The minimum atomic E-state index is -0.999. The summed E-state index contributed by atoms with van der Waals surface area (Å²) in [7, 11) is 3.17. The van der Waals surface area contributed by atoms with Crippen molar-refractivity contribution < 1.29 is 23.5 Å². The third-order valence-electron chi connectivity index (χ3n) is 4.04. The van der Waals surface area contributed by atoms with Gasteiger partial charge in [-0.15, -0.1) is 5.10 Å². The molecule has 1 heterocycles. The van der Waals surface area contributed by atoms with Gasteiger partial charge >= 0.3 is 6.09 Å². The molecule has 1 aliphatic rings. The number of morpholine rings is 1. The Labute approximate surface area is 183 Å². The molecule has 1 saturated heterocycles. The Bertz CT molecular complexity index is 871. The summed E-state index contributed by atoms with van der Waals surface area (Å²) in [5.41, 5.74) is -0.564. The van der Waals surface area contributed by atoms with Gasteiger partial charge in [0, 0.05) is 20.8 Å². The predicted molar refractivity (Wildman–Crippen MR) is 112 cm³/mol. The van der Waals surface area contributed by atoms with Gasteiger partial charge in [-0.05, 0) is 19.9 Å². The van der Waals surface area contributed by atoms with Gasteiger partial charge < -0.3 is 19.3 Å². The van der Waals surface area contributed by atoms with Crippen LogP contribution in [0.5, 0.6) is 5.75 Å². The molecule has 9 nitrogen and oxygen atoms in total. The number of halogens is 3. The second-order valence-corrected chi connectivity index (χ2v) is 7.59.